The van der Waals surface area contributed by atoms with E-state index in [2.05, 4.69) is 4.90 Å². The molecule has 0 spiro atoms. The maximum absolute atomic E-state index is 11.3. The van der Waals surface area contributed by atoms with Gasteiger partial charge in [-0.2, -0.15) is 0 Å². The number of rotatable bonds is 6. The normalized spacial score (nSPS) is 15.5. The van der Waals surface area contributed by atoms with Crippen molar-refractivity contribution >= 4 is 17.3 Å². The number of aromatic carboxylic acids is 1. The second-order valence-corrected chi connectivity index (χ2v) is 6.66. The van der Waals surface area contributed by atoms with Crippen LogP contribution < -0.4 is 4.74 Å². The van der Waals surface area contributed by atoms with E-state index >= 15 is 0 Å². The number of benzene rings is 1. The van der Waals surface area contributed by atoms with Gasteiger partial charge >= 0.3 is 5.97 Å². The van der Waals surface area contributed by atoms with E-state index < -0.39 is 5.97 Å². The Bertz CT molecular complexity index is 662. The minimum atomic E-state index is -0.891. The van der Waals surface area contributed by atoms with E-state index in [4.69, 9.17) is 4.74 Å². The number of hydrogen-bond donors (Lipinski definition) is 1. The minimum Gasteiger partial charge on any atom is -0.492 e. The van der Waals surface area contributed by atoms with Crippen LogP contribution in [0.15, 0.2) is 35.7 Å². The molecule has 0 unspecified atom stereocenters. The van der Waals surface area contributed by atoms with E-state index in [0.717, 1.165) is 22.7 Å². The highest BCUT2D eigenvalue weighted by Gasteiger charge is 2.14. The highest BCUT2D eigenvalue weighted by atomic mass is 32.1. The fourth-order valence-corrected chi connectivity index (χ4v) is 3.79. The van der Waals surface area contributed by atoms with Crippen LogP contribution in [0.25, 0.3) is 10.4 Å². The Hall–Kier alpha value is -1.85. The van der Waals surface area contributed by atoms with Crippen LogP contribution >= 0.6 is 11.3 Å². The zero-order valence-electron chi connectivity index (χ0n) is 13.0. The van der Waals surface area contributed by atoms with E-state index in [0.29, 0.717) is 12.2 Å². The summed E-state index contributed by atoms with van der Waals surface area (Å²) in [5, 5.41) is 11.0. The first-order valence-corrected chi connectivity index (χ1v) is 8.88. The van der Waals surface area contributed by atoms with E-state index in [1.54, 1.807) is 6.07 Å². The maximum Gasteiger partial charge on any atom is 0.337 e. The summed E-state index contributed by atoms with van der Waals surface area (Å²) < 4.78 is 5.86. The predicted molar refractivity (Wildman–Crippen MR) is 92.5 cm³/mol. The zero-order valence-corrected chi connectivity index (χ0v) is 13.8. The molecular weight excluding hydrogens is 310 g/mol. The van der Waals surface area contributed by atoms with E-state index in [9.17, 15) is 9.90 Å². The number of nitrogens with zero attached hydrogens (tertiary/aromatic N) is 1. The van der Waals surface area contributed by atoms with Crippen molar-refractivity contribution < 1.29 is 14.6 Å². The van der Waals surface area contributed by atoms with Gasteiger partial charge in [0.15, 0.2) is 0 Å². The quantitative estimate of drug-likeness (QED) is 0.870. The van der Waals surface area contributed by atoms with E-state index in [1.165, 1.54) is 43.7 Å². The Kier molecular flexibility index (Phi) is 5.31. The second-order valence-electron chi connectivity index (χ2n) is 5.75. The van der Waals surface area contributed by atoms with E-state index in [1.807, 2.05) is 29.6 Å². The molecule has 1 aromatic heterocycles. The lowest BCUT2D eigenvalue weighted by molar-refractivity contribution is 0.0698. The number of likely N-dealkylation sites (tertiary alicyclic amines) is 1. The Morgan fingerprint density at radius 3 is 2.83 bits per heavy atom. The van der Waals surface area contributed by atoms with E-state index in [-0.39, 0.29) is 0 Å². The lowest BCUT2D eigenvalue weighted by Gasteiger charge is -2.26. The minimum absolute atomic E-state index is 0.348. The third-order valence-corrected chi connectivity index (χ3v) is 5.08. The Labute approximate surface area is 140 Å². The molecule has 1 saturated heterocycles. The van der Waals surface area contributed by atoms with Crippen molar-refractivity contribution in [2.45, 2.75) is 19.3 Å². The van der Waals surface area contributed by atoms with Gasteiger partial charge in [-0.1, -0.05) is 18.6 Å². The summed E-state index contributed by atoms with van der Waals surface area (Å²) in [4.78, 5) is 14.5. The highest BCUT2D eigenvalue weighted by Crippen LogP contribution is 2.31. The van der Waals surface area contributed by atoms with Gasteiger partial charge in [-0.15, -0.1) is 11.3 Å². The number of piperidine rings is 1. The first-order chi connectivity index (χ1) is 11.2. The summed E-state index contributed by atoms with van der Waals surface area (Å²) in [5.41, 5.74) is 1.24. The van der Waals surface area contributed by atoms with Gasteiger partial charge in [0.2, 0.25) is 0 Å². The number of ether oxygens (including phenoxy) is 1. The van der Waals surface area contributed by atoms with Gasteiger partial charge in [-0.05, 0) is 55.1 Å². The number of carboxylic acid groups (broad SMARTS) is 1. The molecule has 2 heterocycles. The average molecular weight is 331 g/mol. The molecule has 0 aliphatic carbocycles. The Morgan fingerprint density at radius 2 is 2.04 bits per heavy atom. The van der Waals surface area contributed by atoms with Crippen LogP contribution in [-0.4, -0.2) is 42.2 Å². The zero-order chi connectivity index (χ0) is 16.1. The predicted octanol–water partition coefficient (Wildman–Crippen LogP) is 3.98. The lowest BCUT2D eigenvalue weighted by atomic mass is 10.1. The van der Waals surface area contributed by atoms with Gasteiger partial charge in [0, 0.05) is 11.4 Å². The van der Waals surface area contributed by atoms with Crippen molar-refractivity contribution in [3.8, 4) is 16.2 Å². The molecule has 0 atom stereocenters. The number of thiophene rings is 1. The summed E-state index contributed by atoms with van der Waals surface area (Å²) in [7, 11) is 0. The largest absolute Gasteiger partial charge is 0.492 e. The molecule has 23 heavy (non-hydrogen) atoms. The summed E-state index contributed by atoms with van der Waals surface area (Å²) >= 11 is 1.44. The van der Waals surface area contributed by atoms with Crippen molar-refractivity contribution in [1.82, 2.24) is 4.90 Å². The van der Waals surface area contributed by atoms with Crippen LogP contribution in [-0.2, 0) is 0 Å². The van der Waals surface area contributed by atoms with Gasteiger partial charge < -0.3 is 9.84 Å². The molecule has 122 valence electrons. The third kappa shape index (κ3) is 4.12. The van der Waals surface area contributed by atoms with Gasteiger partial charge in [0.05, 0.1) is 5.56 Å². The van der Waals surface area contributed by atoms with Gasteiger partial charge in [0.25, 0.3) is 0 Å². The second kappa shape index (κ2) is 7.62. The Balaban J connectivity index is 1.63. The molecule has 1 fully saturated rings. The molecule has 0 bridgehead atoms. The smallest absolute Gasteiger partial charge is 0.337 e. The molecule has 0 radical (unpaired) electrons. The molecule has 1 N–H and O–H groups in total. The summed E-state index contributed by atoms with van der Waals surface area (Å²) in [6.45, 7) is 3.95. The first kappa shape index (κ1) is 16.0. The van der Waals surface area contributed by atoms with Crippen LogP contribution in [0.1, 0.15) is 29.6 Å². The molecule has 1 aliphatic rings. The van der Waals surface area contributed by atoms with Crippen molar-refractivity contribution in [2.24, 2.45) is 0 Å². The van der Waals surface area contributed by atoms with Crippen LogP contribution in [0.3, 0.4) is 0 Å². The van der Waals surface area contributed by atoms with Crippen molar-refractivity contribution in [3.63, 3.8) is 0 Å². The van der Waals surface area contributed by atoms with Crippen LogP contribution in [0.2, 0.25) is 0 Å². The Morgan fingerprint density at radius 1 is 1.22 bits per heavy atom. The maximum atomic E-state index is 11.3. The summed E-state index contributed by atoms with van der Waals surface area (Å²) in [6.07, 6.45) is 3.91. The molecule has 3 rings (SSSR count). The van der Waals surface area contributed by atoms with Gasteiger partial charge in [-0.25, -0.2) is 4.79 Å². The molecular formula is C18H21NO3S. The summed E-state index contributed by atoms with van der Waals surface area (Å²) in [6, 6.07) is 9.33. The van der Waals surface area contributed by atoms with Crippen LogP contribution in [0.4, 0.5) is 0 Å². The fourth-order valence-electron chi connectivity index (χ4n) is 2.90. The molecule has 2 aromatic rings. The monoisotopic (exact) mass is 331 g/mol. The van der Waals surface area contributed by atoms with Crippen molar-refractivity contribution in [3.05, 3.63) is 41.3 Å². The first-order valence-electron chi connectivity index (χ1n) is 8.00. The van der Waals surface area contributed by atoms with Gasteiger partial charge in [0.1, 0.15) is 12.4 Å². The van der Waals surface area contributed by atoms with Crippen molar-refractivity contribution in [2.75, 3.05) is 26.2 Å². The van der Waals surface area contributed by atoms with Crippen molar-refractivity contribution in [1.29, 1.82) is 0 Å². The number of carboxylic acids is 1. The molecule has 5 heteroatoms. The topological polar surface area (TPSA) is 49.8 Å². The van der Waals surface area contributed by atoms with Gasteiger partial charge in [-0.3, -0.25) is 4.90 Å². The average Bonchev–Trinajstić information content (AvgIpc) is 3.06. The van der Waals surface area contributed by atoms with Crippen LogP contribution in [0, 0.1) is 0 Å². The molecule has 0 amide bonds. The number of hydrogen-bond acceptors (Lipinski definition) is 4. The standard InChI is InChI=1S/C18H21NO3S/c20-18(21)16-7-12-23-17(16)14-5-4-6-15(13-14)22-11-10-19-8-2-1-3-9-19/h4-7,12-13H,1-3,8-11H2,(H,20,21). The molecule has 4 nitrogen and oxygen atoms in total. The number of carbonyl (C=O) groups is 1. The fraction of sp³-hybridized carbons (Fsp3) is 0.389. The van der Waals surface area contributed by atoms with Crippen LogP contribution in [0.5, 0.6) is 5.75 Å². The third-order valence-electron chi connectivity index (χ3n) is 4.12. The summed E-state index contributed by atoms with van der Waals surface area (Å²) in [5.74, 6) is -0.0954. The highest BCUT2D eigenvalue weighted by molar-refractivity contribution is 7.14. The molecule has 0 saturated carbocycles. The molecule has 1 aromatic carbocycles. The SMILES string of the molecule is O=C(O)c1ccsc1-c1cccc(OCCN2CCCCC2)c1. The lowest BCUT2D eigenvalue weighted by Crippen LogP contribution is -2.33. The molecule has 1 aliphatic heterocycles.